The number of aliphatic carboxylic acids is 1. The van der Waals surface area contributed by atoms with Gasteiger partial charge in [-0.3, -0.25) is 9.59 Å². The van der Waals surface area contributed by atoms with Gasteiger partial charge in [-0.15, -0.1) is 0 Å². The Kier molecular flexibility index (Phi) is 10.2. The van der Waals surface area contributed by atoms with Crippen molar-refractivity contribution in [2.75, 3.05) is 6.26 Å². The maximum atomic E-state index is 13.6. The van der Waals surface area contributed by atoms with Crippen LogP contribution in [-0.2, 0) is 27.7 Å². The van der Waals surface area contributed by atoms with E-state index in [1.807, 2.05) is 13.8 Å². The number of carboxylic acids is 1. The molecular formula is C28H34FN3O7S. The molecule has 0 unspecified atom stereocenters. The zero-order valence-electron chi connectivity index (χ0n) is 22.5. The molecule has 2 atom stereocenters. The van der Waals surface area contributed by atoms with Crippen molar-refractivity contribution >= 4 is 21.7 Å². The van der Waals surface area contributed by atoms with Crippen LogP contribution in [0.5, 0.6) is 0 Å². The predicted molar refractivity (Wildman–Crippen MR) is 146 cm³/mol. The van der Waals surface area contributed by atoms with Crippen LogP contribution in [0.15, 0.2) is 53.4 Å². The number of rotatable bonds is 13. The Balaban J connectivity index is 1.89. The Morgan fingerprint density at radius 2 is 1.65 bits per heavy atom. The van der Waals surface area contributed by atoms with Gasteiger partial charge in [0.05, 0.1) is 29.2 Å². The molecule has 0 aliphatic carbocycles. The molecule has 3 rings (SSSR count). The number of aromatic nitrogens is 2. The maximum Gasteiger partial charge on any atom is 0.305 e. The van der Waals surface area contributed by atoms with E-state index in [-0.39, 0.29) is 42.4 Å². The number of carbonyl (C=O) groups is 2. The monoisotopic (exact) mass is 575 g/mol. The average molecular weight is 576 g/mol. The summed E-state index contributed by atoms with van der Waals surface area (Å²) in [7, 11) is -3.35. The first-order valence-electron chi connectivity index (χ1n) is 12.8. The molecule has 2 aromatic carbocycles. The third-order valence-corrected chi connectivity index (χ3v) is 7.44. The molecule has 0 saturated carbocycles. The lowest BCUT2D eigenvalue weighted by molar-refractivity contribution is -0.139. The molecule has 40 heavy (non-hydrogen) atoms. The number of aliphatic hydroxyl groups excluding tert-OH is 2. The van der Waals surface area contributed by atoms with Crippen LogP contribution in [0, 0.1) is 5.82 Å². The summed E-state index contributed by atoms with van der Waals surface area (Å²) >= 11 is 0. The van der Waals surface area contributed by atoms with E-state index in [4.69, 9.17) is 5.11 Å². The van der Waals surface area contributed by atoms with E-state index in [2.05, 4.69) is 10.3 Å². The van der Waals surface area contributed by atoms with Crippen molar-refractivity contribution in [1.29, 1.82) is 0 Å². The number of imidazole rings is 1. The molecule has 0 aliphatic heterocycles. The molecule has 0 spiro atoms. The standard InChI is InChI=1S/C28H34FN3O7S/c1-17(2)26-25(28(37)30-16-18-4-10-23(11-5-18)40(3,38)39)31-27(19-6-8-20(29)9-7-19)32(26)13-12-21(33)14-22(34)15-24(35)36/h4-11,17,21-22,33-34H,12-16H2,1-3H3,(H,30,37)(H,35,36)/t21-,22-/m1/s1. The molecule has 0 bridgehead atoms. The molecule has 12 heteroatoms. The fraction of sp³-hybridized carbons (Fsp3) is 0.393. The lowest BCUT2D eigenvalue weighted by Gasteiger charge is -2.19. The molecule has 1 heterocycles. The molecule has 3 aromatic rings. The number of benzene rings is 2. The number of sulfone groups is 1. The summed E-state index contributed by atoms with van der Waals surface area (Å²) in [5.41, 5.74) is 1.98. The van der Waals surface area contributed by atoms with Crippen molar-refractivity contribution in [2.24, 2.45) is 0 Å². The van der Waals surface area contributed by atoms with Gasteiger partial charge >= 0.3 is 5.97 Å². The molecule has 0 aliphatic rings. The lowest BCUT2D eigenvalue weighted by Crippen LogP contribution is -2.25. The first-order chi connectivity index (χ1) is 18.8. The highest BCUT2D eigenvalue weighted by molar-refractivity contribution is 7.90. The Hall–Kier alpha value is -3.61. The third-order valence-electron chi connectivity index (χ3n) is 6.32. The Morgan fingerprint density at radius 1 is 1.02 bits per heavy atom. The second-order valence-corrected chi connectivity index (χ2v) is 12.0. The molecule has 0 fully saturated rings. The van der Waals surface area contributed by atoms with Crippen molar-refractivity contribution in [3.63, 3.8) is 0 Å². The van der Waals surface area contributed by atoms with Crippen LogP contribution in [0.4, 0.5) is 4.39 Å². The molecule has 10 nitrogen and oxygen atoms in total. The predicted octanol–water partition coefficient (Wildman–Crippen LogP) is 3.12. The van der Waals surface area contributed by atoms with Gasteiger partial charge < -0.3 is 25.2 Å². The van der Waals surface area contributed by atoms with Crippen LogP contribution in [0.2, 0.25) is 0 Å². The zero-order chi connectivity index (χ0) is 29.6. The molecule has 1 amide bonds. The second-order valence-electron chi connectivity index (χ2n) is 10.0. The van der Waals surface area contributed by atoms with Gasteiger partial charge in [0, 0.05) is 24.9 Å². The Labute approximate surface area is 232 Å². The van der Waals surface area contributed by atoms with E-state index in [0.29, 0.717) is 22.6 Å². The van der Waals surface area contributed by atoms with Crippen molar-refractivity contribution in [2.45, 2.75) is 69.2 Å². The Morgan fingerprint density at radius 3 is 2.20 bits per heavy atom. The first kappa shape index (κ1) is 30.9. The van der Waals surface area contributed by atoms with E-state index >= 15 is 0 Å². The van der Waals surface area contributed by atoms with Gasteiger partial charge in [-0.25, -0.2) is 17.8 Å². The van der Waals surface area contributed by atoms with Gasteiger partial charge in [0.2, 0.25) is 0 Å². The van der Waals surface area contributed by atoms with Crippen LogP contribution < -0.4 is 5.32 Å². The number of nitrogens with zero attached hydrogens (tertiary/aromatic N) is 2. The minimum Gasteiger partial charge on any atom is -0.481 e. The highest BCUT2D eigenvalue weighted by Gasteiger charge is 2.26. The lowest BCUT2D eigenvalue weighted by atomic mass is 10.0. The number of hydrogen-bond donors (Lipinski definition) is 4. The average Bonchev–Trinajstić information content (AvgIpc) is 3.25. The summed E-state index contributed by atoms with van der Waals surface area (Å²) in [4.78, 5) is 28.9. The Bertz CT molecular complexity index is 1440. The number of amides is 1. The summed E-state index contributed by atoms with van der Waals surface area (Å²) < 4.78 is 38.8. The summed E-state index contributed by atoms with van der Waals surface area (Å²) in [6.07, 6.45) is -1.57. The molecule has 1 aromatic heterocycles. The van der Waals surface area contributed by atoms with Crippen LogP contribution in [0.25, 0.3) is 11.4 Å². The number of nitrogens with one attached hydrogen (secondary N) is 1. The highest BCUT2D eigenvalue weighted by Crippen LogP contribution is 2.29. The summed E-state index contributed by atoms with van der Waals surface area (Å²) in [6.45, 7) is 4.10. The fourth-order valence-electron chi connectivity index (χ4n) is 4.38. The largest absolute Gasteiger partial charge is 0.481 e. The second kappa shape index (κ2) is 13.2. The van der Waals surface area contributed by atoms with Crippen molar-refractivity contribution < 1.29 is 37.7 Å². The number of hydrogen-bond acceptors (Lipinski definition) is 7. The smallest absolute Gasteiger partial charge is 0.305 e. The van der Waals surface area contributed by atoms with Gasteiger partial charge in [-0.05, 0) is 60.7 Å². The summed E-state index contributed by atoms with van der Waals surface area (Å²) in [5, 5.41) is 32.0. The number of carbonyl (C=O) groups excluding carboxylic acids is 1. The van der Waals surface area contributed by atoms with Crippen LogP contribution in [0.3, 0.4) is 0 Å². The van der Waals surface area contributed by atoms with Gasteiger partial charge in [0.15, 0.2) is 9.84 Å². The molecule has 0 saturated heterocycles. The molecule has 4 N–H and O–H groups in total. The molecule has 0 radical (unpaired) electrons. The zero-order valence-corrected chi connectivity index (χ0v) is 23.4. The van der Waals surface area contributed by atoms with Crippen LogP contribution >= 0.6 is 0 Å². The number of halogens is 1. The molecule has 216 valence electrons. The first-order valence-corrected chi connectivity index (χ1v) is 14.7. The fourth-order valence-corrected chi connectivity index (χ4v) is 5.01. The minimum absolute atomic E-state index is 0.124. The van der Waals surface area contributed by atoms with Crippen molar-refractivity contribution in [3.8, 4) is 11.4 Å². The third kappa shape index (κ3) is 8.20. The van der Waals surface area contributed by atoms with E-state index in [1.165, 1.54) is 36.4 Å². The number of aliphatic hydroxyl groups is 2. The van der Waals surface area contributed by atoms with Crippen molar-refractivity contribution in [3.05, 3.63) is 71.3 Å². The quantitative estimate of drug-likeness (QED) is 0.242. The van der Waals surface area contributed by atoms with Gasteiger partial charge in [0.1, 0.15) is 17.3 Å². The van der Waals surface area contributed by atoms with Gasteiger partial charge in [0.25, 0.3) is 5.91 Å². The normalized spacial score (nSPS) is 13.3. The van der Waals surface area contributed by atoms with Gasteiger partial charge in [-0.2, -0.15) is 0 Å². The molecular weight excluding hydrogens is 541 g/mol. The van der Waals surface area contributed by atoms with Crippen LogP contribution in [0.1, 0.15) is 60.8 Å². The topological polar surface area (TPSA) is 159 Å². The van der Waals surface area contributed by atoms with E-state index in [0.717, 1.165) is 6.26 Å². The van der Waals surface area contributed by atoms with Crippen LogP contribution in [-0.4, -0.2) is 63.6 Å². The van der Waals surface area contributed by atoms with E-state index in [1.54, 1.807) is 16.7 Å². The summed E-state index contributed by atoms with van der Waals surface area (Å²) in [5.74, 6) is -1.85. The van der Waals surface area contributed by atoms with E-state index < -0.39 is 46.2 Å². The SMILES string of the molecule is CC(C)c1c(C(=O)NCc2ccc(S(C)(=O)=O)cc2)nc(-c2ccc(F)cc2)n1CC[C@@H](O)C[C@@H](O)CC(=O)O. The number of carboxylic acid groups (broad SMARTS) is 1. The maximum absolute atomic E-state index is 13.6. The van der Waals surface area contributed by atoms with Crippen molar-refractivity contribution in [1.82, 2.24) is 14.9 Å². The summed E-state index contributed by atoms with van der Waals surface area (Å²) in [6, 6.07) is 11.8. The van der Waals surface area contributed by atoms with Gasteiger partial charge in [-0.1, -0.05) is 26.0 Å². The van der Waals surface area contributed by atoms with E-state index in [9.17, 15) is 32.6 Å². The highest BCUT2D eigenvalue weighted by atomic mass is 32.2. The minimum atomic E-state index is -3.35.